The number of ether oxygens (including phenoxy) is 6. The van der Waals surface area contributed by atoms with E-state index in [2.05, 4.69) is 5.32 Å². The highest BCUT2D eigenvalue weighted by molar-refractivity contribution is 5.94. The molecule has 5 aromatic rings. The molecule has 0 saturated heterocycles. The van der Waals surface area contributed by atoms with Crippen LogP contribution in [0.15, 0.2) is 78.9 Å². The van der Waals surface area contributed by atoms with Crippen LogP contribution in [0.3, 0.4) is 0 Å². The zero-order valence-electron chi connectivity index (χ0n) is 29.5. The fourth-order valence-electron chi connectivity index (χ4n) is 5.54. The van der Waals surface area contributed by atoms with Crippen LogP contribution in [-0.4, -0.2) is 83.4 Å². The molecule has 52 heavy (non-hydrogen) atoms. The Labute approximate surface area is 301 Å². The van der Waals surface area contributed by atoms with E-state index < -0.39 is 11.6 Å². The van der Waals surface area contributed by atoms with Crippen LogP contribution in [0.1, 0.15) is 15.9 Å². The molecule has 0 aliphatic heterocycles. The number of aromatic nitrogens is 2. The highest BCUT2D eigenvalue weighted by atomic mass is 19.1. The normalized spacial score (nSPS) is 11.0. The van der Waals surface area contributed by atoms with Crippen molar-refractivity contribution in [3.05, 3.63) is 102 Å². The van der Waals surface area contributed by atoms with E-state index in [1.165, 1.54) is 40.6 Å². The number of carbonyl (C=O) groups excluding carboxylic acids is 1. The third kappa shape index (κ3) is 9.04. The van der Waals surface area contributed by atoms with Gasteiger partial charge >= 0.3 is 0 Å². The van der Waals surface area contributed by atoms with Crippen molar-refractivity contribution in [1.29, 1.82) is 0 Å². The van der Waals surface area contributed by atoms with Crippen molar-refractivity contribution in [1.82, 2.24) is 14.9 Å². The number of imidazole rings is 1. The van der Waals surface area contributed by atoms with E-state index in [1.54, 1.807) is 66.7 Å². The van der Waals surface area contributed by atoms with Crippen LogP contribution in [0.2, 0.25) is 0 Å². The maximum Gasteiger partial charge on any atom is 0.251 e. The number of rotatable bonds is 18. The molecule has 11 nitrogen and oxygen atoms in total. The highest BCUT2D eigenvalue weighted by Gasteiger charge is 2.26. The largest absolute Gasteiger partial charge is 0.497 e. The number of nitrogens with one attached hydrogen (secondary N) is 1. The number of nitrogens with two attached hydrogens (primary N) is 1. The van der Waals surface area contributed by atoms with Gasteiger partial charge in [-0.1, -0.05) is 12.1 Å². The molecule has 1 aromatic heterocycles. The van der Waals surface area contributed by atoms with Gasteiger partial charge in [0.25, 0.3) is 5.91 Å². The van der Waals surface area contributed by atoms with E-state index in [1.807, 2.05) is 4.57 Å². The van der Waals surface area contributed by atoms with Gasteiger partial charge in [-0.2, -0.15) is 0 Å². The molecular weight excluding hydrogens is 674 g/mol. The monoisotopic (exact) mass is 716 g/mol. The van der Waals surface area contributed by atoms with Gasteiger partial charge < -0.3 is 44.0 Å². The van der Waals surface area contributed by atoms with E-state index in [-0.39, 0.29) is 29.3 Å². The summed E-state index contributed by atoms with van der Waals surface area (Å²) >= 11 is 0. The SMILES string of the molecule is COc1cc(OC)cc(-c2nc(-c3ccc(OC)cc3F)c(-c3ccc(OC)cc3F)n2Cc2ccc(C(=O)NCCOCCOCCN)cc2)c1. The third-order valence-electron chi connectivity index (χ3n) is 8.16. The fraction of sp³-hybridized carbons (Fsp3) is 0.282. The number of nitrogens with zero attached hydrogens (tertiary/aromatic N) is 2. The lowest BCUT2D eigenvalue weighted by Crippen LogP contribution is -2.27. The number of carbonyl (C=O) groups is 1. The molecule has 4 aromatic carbocycles. The van der Waals surface area contributed by atoms with Crippen LogP contribution in [0.5, 0.6) is 23.0 Å². The summed E-state index contributed by atoms with van der Waals surface area (Å²) in [5, 5.41) is 2.84. The van der Waals surface area contributed by atoms with Crippen LogP contribution in [-0.2, 0) is 16.0 Å². The van der Waals surface area contributed by atoms with Crippen molar-refractivity contribution < 1.29 is 42.0 Å². The number of amides is 1. The molecule has 0 radical (unpaired) electrons. The zero-order valence-corrected chi connectivity index (χ0v) is 29.5. The Bertz CT molecular complexity index is 1950. The van der Waals surface area contributed by atoms with E-state index in [9.17, 15) is 4.79 Å². The molecule has 0 aliphatic carbocycles. The van der Waals surface area contributed by atoms with Gasteiger partial charge in [0.1, 0.15) is 46.2 Å². The van der Waals surface area contributed by atoms with Gasteiger partial charge in [-0.15, -0.1) is 0 Å². The summed E-state index contributed by atoms with van der Waals surface area (Å²) in [6, 6.07) is 21.2. The molecule has 1 amide bonds. The lowest BCUT2D eigenvalue weighted by atomic mass is 10.0. The maximum absolute atomic E-state index is 16.0. The molecule has 0 spiro atoms. The number of halogens is 2. The maximum atomic E-state index is 16.0. The molecule has 1 heterocycles. The van der Waals surface area contributed by atoms with Crippen LogP contribution < -0.4 is 30.0 Å². The van der Waals surface area contributed by atoms with Crippen LogP contribution in [0.25, 0.3) is 33.9 Å². The fourth-order valence-corrected chi connectivity index (χ4v) is 5.54. The van der Waals surface area contributed by atoms with Crippen molar-refractivity contribution in [2.45, 2.75) is 6.54 Å². The lowest BCUT2D eigenvalue weighted by molar-refractivity contribution is 0.0511. The Morgan fingerprint density at radius 1 is 0.712 bits per heavy atom. The summed E-state index contributed by atoms with van der Waals surface area (Å²) in [6.07, 6.45) is 0. The van der Waals surface area contributed by atoms with E-state index in [0.29, 0.717) is 85.2 Å². The predicted molar refractivity (Wildman–Crippen MR) is 193 cm³/mol. The minimum atomic E-state index is -0.602. The predicted octanol–water partition coefficient (Wildman–Crippen LogP) is 5.97. The number of hydrogen-bond donors (Lipinski definition) is 2. The first-order chi connectivity index (χ1) is 25.3. The first-order valence-corrected chi connectivity index (χ1v) is 16.5. The quantitative estimate of drug-likeness (QED) is 0.106. The second-order valence-electron chi connectivity index (χ2n) is 11.5. The summed E-state index contributed by atoms with van der Waals surface area (Å²) in [5.74, 6) is 0.568. The van der Waals surface area contributed by atoms with E-state index in [4.69, 9.17) is 39.1 Å². The average Bonchev–Trinajstić information content (AvgIpc) is 3.53. The van der Waals surface area contributed by atoms with Gasteiger partial charge in [0.05, 0.1) is 60.6 Å². The first kappa shape index (κ1) is 37.7. The average molecular weight is 717 g/mol. The molecule has 3 N–H and O–H groups in total. The Morgan fingerprint density at radius 3 is 1.85 bits per heavy atom. The van der Waals surface area contributed by atoms with Gasteiger partial charge in [0, 0.05) is 60.1 Å². The Balaban J connectivity index is 1.56. The van der Waals surface area contributed by atoms with Crippen molar-refractivity contribution in [3.8, 4) is 56.9 Å². The lowest BCUT2D eigenvalue weighted by Gasteiger charge is -2.16. The number of benzene rings is 4. The standard InChI is InChI=1S/C39H42F2N4O7/c1-47-28-9-11-32(34(40)22-28)36-37(33-12-10-29(48-2)23-35(33)41)45(38(44-36)27-19-30(49-3)21-31(20-27)50-4)24-25-5-7-26(8-6-25)39(46)43-14-16-52-18-17-51-15-13-42/h5-12,19-23H,13-18,24,42H2,1-4H3,(H,43,46). The van der Waals surface area contributed by atoms with Gasteiger partial charge in [0.2, 0.25) is 0 Å². The molecule has 13 heteroatoms. The summed E-state index contributed by atoms with van der Waals surface area (Å²) in [7, 11) is 5.96. The molecule has 0 atom stereocenters. The minimum Gasteiger partial charge on any atom is -0.497 e. The van der Waals surface area contributed by atoms with Crippen LogP contribution in [0.4, 0.5) is 8.78 Å². The molecule has 274 valence electrons. The Morgan fingerprint density at radius 2 is 1.29 bits per heavy atom. The van der Waals surface area contributed by atoms with Crippen molar-refractivity contribution in [2.75, 3.05) is 68.0 Å². The molecule has 0 saturated carbocycles. The van der Waals surface area contributed by atoms with Crippen molar-refractivity contribution >= 4 is 5.91 Å². The Kier molecular flexibility index (Phi) is 13.2. The van der Waals surface area contributed by atoms with Crippen LogP contribution in [0, 0.1) is 11.6 Å². The summed E-state index contributed by atoms with van der Waals surface area (Å²) < 4.78 is 66.0. The van der Waals surface area contributed by atoms with Gasteiger partial charge in [-0.3, -0.25) is 4.79 Å². The summed E-state index contributed by atoms with van der Waals surface area (Å²) in [5.41, 5.74) is 8.01. The van der Waals surface area contributed by atoms with E-state index >= 15 is 8.78 Å². The third-order valence-corrected chi connectivity index (χ3v) is 8.16. The van der Waals surface area contributed by atoms with Gasteiger partial charge in [0.15, 0.2) is 0 Å². The minimum absolute atomic E-state index is 0.139. The molecule has 0 aliphatic rings. The molecule has 0 bridgehead atoms. The van der Waals surface area contributed by atoms with Gasteiger partial charge in [-0.05, 0) is 54.1 Å². The van der Waals surface area contributed by atoms with Crippen molar-refractivity contribution in [2.24, 2.45) is 5.73 Å². The zero-order chi connectivity index (χ0) is 37.0. The molecule has 0 unspecified atom stereocenters. The number of methoxy groups -OCH3 is 4. The van der Waals surface area contributed by atoms with Crippen LogP contribution >= 0.6 is 0 Å². The van der Waals surface area contributed by atoms with Gasteiger partial charge in [-0.25, -0.2) is 13.8 Å². The number of hydrogen-bond acceptors (Lipinski definition) is 9. The highest BCUT2D eigenvalue weighted by Crippen LogP contribution is 2.41. The molecular formula is C39H42F2N4O7. The second-order valence-corrected chi connectivity index (χ2v) is 11.5. The first-order valence-electron chi connectivity index (χ1n) is 16.5. The van der Waals surface area contributed by atoms with Crippen molar-refractivity contribution in [3.63, 3.8) is 0 Å². The second kappa shape index (κ2) is 18.1. The smallest absolute Gasteiger partial charge is 0.251 e. The summed E-state index contributed by atoms with van der Waals surface area (Å²) in [4.78, 5) is 17.8. The summed E-state index contributed by atoms with van der Waals surface area (Å²) in [6.45, 7) is 2.57. The molecule has 0 fully saturated rings. The Hall–Kier alpha value is -5.50. The van der Waals surface area contributed by atoms with E-state index in [0.717, 1.165) is 5.56 Å². The topological polar surface area (TPSA) is 128 Å². The molecule has 5 rings (SSSR count).